The summed E-state index contributed by atoms with van der Waals surface area (Å²) in [4.78, 5) is 13.1. The number of benzene rings is 3. The molecule has 0 spiro atoms. The summed E-state index contributed by atoms with van der Waals surface area (Å²) in [6.45, 7) is -0.362. The van der Waals surface area contributed by atoms with Crippen LogP contribution in [0.3, 0.4) is 0 Å². The SMILES string of the molecule is O=C(CN(Cc1ccc(F)cc1)S(=O)(=O)c1ccccc1)NC1CCCc2ccccc21. The highest BCUT2D eigenvalue weighted by molar-refractivity contribution is 7.89. The number of hydrogen-bond acceptors (Lipinski definition) is 3. The van der Waals surface area contributed by atoms with Crippen molar-refractivity contribution in [1.29, 1.82) is 0 Å². The lowest BCUT2D eigenvalue weighted by Crippen LogP contribution is -2.42. The smallest absolute Gasteiger partial charge is 0.243 e. The monoisotopic (exact) mass is 452 g/mol. The molecule has 32 heavy (non-hydrogen) atoms. The molecule has 3 aromatic carbocycles. The number of carbonyl (C=O) groups excluding carboxylic acids is 1. The molecule has 3 aromatic rings. The number of rotatable bonds is 7. The molecule has 1 aliphatic rings. The Bertz CT molecular complexity index is 1180. The van der Waals surface area contributed by atoms with Crippen molar-refractivity contribution >= 4 is 15.9 Å². The number of fused-ring (bicyclic) bond motifs is 1. The summed E-state index contributed by atoms with van der Waals surface area (Å²) in [7, 11) is -3.93. The van der Waals surface area contributed by atoms with Crippen LogP contribution in [0.2, 0.25) is 0 Å². The fourth-order valence-electron chi connectivity index (χ4n) is 4.06. The van der Waals surface area contributed by atoms with Gasteiger partial charge in [-0.1, -0.05) is 54.6 Å². The van der Waals surface area contributed by atoms with E-state index in [0.29, 0.717) is 5.56 Å². The molecule has 166 valence electrons. The van der Waals surface area contributed by atoms with Crippen LogP contribution in [-0.2, 0) is 27.8 Å². The number of sulfonamides is 1. The van der Waals surface area contributed by atoms with Gasteiger partial charge >= 0.3 is 0 Å². The van der Waals surface area contributed by atoms with Crippen LogP contribution in [0.1, 0.15) is 35.6 Å². The van der Waals surface area contributed by atoms with Crippen LogP contribution in [0.4, 0.5) is 4.39 Å². The summed E-state index contributed by atoms with van der Waals surface area (Å²) in [6.07, 6.45) is 2.75. The minimum atomic E-state index is -3.93. The Morgan fingerprint density at radius 3 is 2.41 bits per heavy atom. The molecule has 0 saturated carbocycles. The standard InChI is InChI=1S/C25H25FN2O3S/c26-21-15-13-19(14-16-21)17-28(32(30,31)22-9-2-1-3-10-22)18-25(29)27-24-12-6-8-20-7-4-5-11-23(20)24/h1-5,7,9-11,13-16,24H,6,8,12,17-18H2,(H,27,29). The molecule has 7 heteroatoms. The van der Waals surface area contributed by atoms with E-state index in [1.165, 1.54) is 42.0 Å². The Balaban J connectivity index is 1.56. The van der Waals surface area contributed by atoms with E-state index in [1.807, 2.05) is 18.2 Å². The van der Waals surface area contributed by atoms with E-state index in [4.69, 9.17) is 0 Å². The van der Waals surface area contributed by atoms with Gasteiger partial charge in [-0.3, -0.25) is 4.79 Å². The highest BCUT2D eigenvalue weighted by Crippen LogP contribution is 2.29. The molecule has 0 aliphatic heterocycles. The van der Waals surface area contributed by atoms with E-state index in [-0.39, 0.29) is 29.9 Å². The lowest BCUT2D eigenvalue weighted by molar-refractivity contribution is -0.122. The summed E-state index contributed by atoms with van der Waals surface area (Å²) in [5, 5.41) is 3.02. The molecule has 0 saturated heterocycles. The molecule has 0 radical (unpaired) electrons. The zero-order chi connectivity index (χ0) is 22.6. The quantitative estimate of drug-likeness (QED) is 0.584. The number of carbonyl (C=O) groups is 1. The predicted octanol–water partition coefficient (Wildman–Crippen LogP) is 4.21. The van der Waals surface area contributed by atoms with Crippen molar-refractivity contribution in [3.05, 3.63) is 101 Å². The largest absolute Gasteiger partial charge is 0.348 e. The zero-order valence-electron chi connectivity index (χ0n) is 17.6. The summed E-state index contributed by atoms with van der Waals surface area (Å²) in [5.74, 6) is -0.770. The van der Waals surface area contributed by atoms with Crippen molar-refractivity contribution in [3.63, 3.8) is 0 Å². The van der Waals surface area contributed by atoms with E-state index in [2.05, 4.69) is 11.4 Å². The summed E-state index contributed by atoms with van der Waals surface area (Å²) in [6, 6.07) is 21.5. The third kappa shape index (κ3) is 5.06. The van der Waals surface area contributed by atoms with Crippen molar-refractivity contribution in [1.82, 2.24) is 9.62 Å². The van der Waals surface area contributed by atoms with Gasteiger partial charge in [-0.25, -0.2) is 12.8 Å². The highest BCUT2D eigenvalue weighted by Gasteiger charge is 2.28. The summed E-state index contributed by atoms with van der Waals surface area (Å²) >= 11 is 0. The number of hydrogen-bond donors (Lipinski definition) is 1. The lowest BCUT2D eigenvalue weighted by Gasteiger charge is -2.28. The Kier molecular flexibility index (Phi) is 6.67. The highest BCUT2D eigenvalue weighted by atomic mass is 32.2. The average Bonchev–Trinajstić information content (AvgIpc) is 2.81. The van der Waals surface area contributed by atoms with Gasteiger partial charge in [-0.15, -0.1) is 0 Å². The average molecular weight is 453 g/mol. The lowest BCUT2D eigenvalue weighted by atomic mass is 9.88. The van der Waals surface area contributed by atoms with Crippen molar-refractivity contribution in [2.45, 2.75) is 36.7 Å². The normalized spacial score (nSPS) is 15.9. The first-order valence-electron chi connectivity index (χ1n) is 10.6. The molecule has 1 atom stereocenters. The van der Waals surface area contributed by atoms with Crippen LogP contribution >= 0.6 is 0 Å². The molecule has 0 heterocycles. The van der Waals surface area contributed by atoms with Gasteiger partial charge < -0.3 is 5.32 Å². The maximum absolute atomic E-state index is 13.3. The first-order valence-corrected chi connectivity index (χ1v) is 12.0. The second-order valence-electron chi connectivity index (χ2n) is 7.92. The third-order valence-corrected chi connectivity index (χ3v) is 7.48. The molecule has 0 fully saturated rings. The molecule has 1 amide bonds. The molecular formula is C25H25FN2O3S. The minimum Gasteiger partial charge on any atom is -0.348 e. The second-order valence-corrected chi connectivity index (χ2v) is 9.86. The predicted molar refractivity (Wildman–Crippen MR) is 121 cm³/mol. The Labute approximate surface area is 187 Å². The topological polar surface area (TPSA) is 66.5 Å². The van der Waals surface area contributed by atoms with Gasteiger partial charge in [0.2, 0.25) is 15.9 Å². The van der Waals surface area contributed by atoms with Crippen molar-refractivity contribution in [2.75, 3.05) is 6.54 Å². The van der Waals surface area contributed by atoms with Crippen molar-refractivity contribution < 1.29 is 17.6 Å². The van der Waals surface area contributed by atoms with Crippen LogP contribution in [0.25, 0.3) is 0 Å². The molecule has 0 aromatic heterocycles. The van der Waals surface area contributed by atoms with Crippen LogP contribution in [-0.4, -0.2) is 25.2 Å². The zero-order valence-corrected chi connectivity index (χ0v) is 18.4. The number of aryl methyl sites for hydroxylation is 1. The third-order valence-electron chi connectivity index (χ3n) is 5.68. The number of halogens is 1. The van der Waals surface area contributed by atoms with E-state index < -0.39 is 15.8 Å². The number of nitrogens with zero attached hydrogens (tertiary/aromatic N) is 1. The second kappa shape index (κ2) is 9.63. The first kappa shape index (κ1) is 22.2. The van der Waals surface area contributed by atoms with Crippen molar-refractivity contribution in [3.8, 4) is 0 Å². The number of nitrogens with one attached hydrogen (secondary N) is 1. The molecule has 0 bridgehead atoms. The van der Waals surface area contributed by atoms with Crippen molar-refractivity contribution in [2.24, 2.45) is 0 Å². The van der Waals surface area contributed by atoms with Crippen LogP contribution in [0, 0.1) is 5.82 Å². The molecule has 1 N–H and O–H groups in total. The van der Waals surface area contributed by atoms with Gasteiger partial charge in [-0.2, -0.15) is 4.31 Å². The van der Waals surface area contributed by atoms with Gasteiger partial charge in [-0.05, 0) is 60.2 Å². The van der Waals surface area contributed by atoms with Gasteiger partial charge in [0.25, 0.3) is 0 Å². The van der Waals surface area contributed by atoms with E-state index in [9.17, 15) is 17.6 Å². The van der Waals surface area contributed by atoms with Crippen LogP contribution in [0.5, 0.6) is 0 Å². The maximum Gasteiger partial charge on any atom is 0.243 e. The van der Waals surface area contributed by atoms with Crippen LogP contribution in [0.15, 0.2) is 83.8 Å². The van der Waals surface area contributed by atoms with E-state index in [0.717, 1.165) is 29.1 Å². The Morgan fingerprint density at radius 1 is 0.969 bits per heavy atom. The molecule has 1 aliphatic carbocycles. The molecule has 5 nitrogen and oxygen atoms in total. The minimum absolute atomic E-state index is 0.0355. The van der Waals surface area contributed by atoms with Gasteiger partial charge in [0.1, 0.15) is 5.82 Å². The fourth-order valence-corrected chi connectivity index (χ4v) is 5.47. The van der Waals surface area contributed by atoms with E-state index >= 15 is 0 Å². The van der Waals surface area contributed by atoms with Gasteiger partial charge in [0.05, 0.1) is 17.5 Å². The van der Waals surface area contributed by atoms with Crippen LogP contribution < -0.4 is 5.32 Å². The molecular weight excluding hydrogens is 427 g/mol. The molecule has 1 unspecified atom stereocenters. The maximum atomic E-state index is 13.3. The Morgan fingerprint density at radius 2 is 1.66 bits per heavy atom. The number of amides is 1. The fraction of sp³-hybridized carbons (Fsp3) is 0.240. The molecule has 4 rings (SSSR count). The van der Waals surface area contributed by atoms with E-state index in [1.54, 1.807) is 18.2 Å². The first-order chi connectivity index (χ1) is 15.4. The van der Waals surface area contributed by atoms with Gasteiger partial charge in [0.15, 0.2) is 0 Å². The summed E-state index contributed by atoms with van der Waals surface area (Å²) < 4.78 is 41.1. The van der Waals surface area contributed by atoms with Gasteiger partial charge in [0, 0.05) is 6.54 Å². The summed E-state index contributed by atoms with van der Waals surface area (Å²) in [5.41, 5.74) is 2.90. The Hall–Kier alpha value is -3.03.